The van der Waals surface area contributed by atoms with Crippen LogP contribution in [0.5, 0.6) is 0 Å². The molecule has 0 saturated carbocycles. The van der Waals surface area contributed by atoms with E-state index in [1.54, 1.807) is 18.2 Å². The number of nitrogens with zero attached hydrogens (tertiary/aromatic N) is 1. The summed E-state index contributed by atoms with van der Waals surface area (Å²) in [5.41, 5.74) is 2.14. The molecular weight excluding hydrogens is 352 g/mol. The Balaban J connectivity index is 1.91. The van der Waals surface area contributed by atoms with E-state index in [1.807, 2.05) is 36.4 Å². The fraction of sp³-hybridized carbons (Fsp3) is 0. The molecule has 0 bridgehead atoms. The van der Waals surface area contributed by atoms with Gasteiger partial charge in [-0.1, -0.05) is 39.7 Å². The number of rotatable bonds is 2. The van der Waals surface area contributed by atoms with Crippen LogP contribution >= 0.6 is 27.5 Å². The molecule has 104 valence electrons. The van der Waals surface area contributed by atoms with Crippen LogP contribution in [0.2, 0.25) is 5.02 Å². The molecule has 3 nitrogen and oxygen atoms in total. The number of carbonyl (C=O) groups is 1. The number of aliphatic imine (C=N–C) groups is 1. The zero-order valence-corrected chi connectivity index (χ0v) is 13.1. The standard InChI is InChI=1S/C16H10BrClN2O/c17-12-5-1-10(2-6-12)9-14-16(21)20-15(19-14)11-3-7-13(18)8-4-11/h1-9H,(H,19,20,21)/b14-9+. The number of benzene rings is 2. The Bertz CT molecular complexity index is 749. The van der Waals surface area contributed by atoms with E-state index in [0.29, 0.717) is 16.6 Å². The topological polar surface area (TPSA) is 41.5 Å². The molecule has 3 rings (SSSR count). The van der Waals surface area contributed by atoms with Gasteiger partial charge in [0, 0.05) is 15.1 Å². The van der Waals surface area contributed by atoms with Gasteiger partial charge in [-0.3, -0.25) is 4.79 Å². The van der Waals surface area contributed by atoms with Gasteiger partial charge in [0.15, 0.2) is 0 Å². The first-order chi connectivity index (χ1) is 10.1. The summed E-state index contributed by atoms with van der Waals surface area (Å²) in [6.07, 6.45) is 1.75. The Labute approximate surface area is 135 Å². The quantitative estimate of drug-likeness (QED) is 0.807. The lowest BCUT2D eigenvalue weighted by atomic mass is 10.2. The number of carbonyl (C=O) groups excluding carboxylic acids is 1. The molecule has 5 heteroatoms. The van der Waals surface area contributed by atoms with E-state index < -0.39 is 0 Å². The Kier molecular flexibility index (Phi) is 3.90. The van der Waals surface area contributed by atoms with Crippen LogP contribution in [-0.2, 0) is 4.79 Å². The molecule has 1 aliphatic rings. The van der Waals surface area contributed by atoms with Crippen molar-refractivity contribution in [2.24, 2.45) is 4.99 Å². The summed E-state index contributed by atoms with van der Waals surface area (Å²) in [6.45, 7) is 0. The van der Waals surface area contributed by atoms with Crippen molar-refractivity contribution in [3.63, 3.8) is 0 Å². The Morgan fingerprint density at radius 3 is 2.38 bits per heavy atom. The molecular formula is C16H10BrClN2O. The lowest BCUT2D eigenvalue weighted by Crippen LogP contribution is -2.24. The smallest absolute Gasteiger partial charge is 0.275 e. The van der Waals surface area contributed by atoms with E-state index in [-0.39, 0.29) is 5.91 Å². The molecule has 0 aliphatic carbocycles. The fourth-order valence-corrected chi connectivity index (χ4v) is 2.32. The van der Waals surface area contributed by atoms with Crippen LogP contribution in [0.1, 0.15) is 11.1 Å². The average molecular weight is 362 g/mol. The third-order valence-electron chi connectivity index (χ3n) is 2.99. The summed E-state index contributed by atoms with van der Waals surface area (Å²) < 4.78 is 0.992. The molecule has 1 heterocycles. The van der Waals surface area contributed by atoms with E-state index >= 15 is 0 Å². The van der Waals surface area contributed by atoms with Crippen molar-refractivity contribution < 1.29 is 4.79 Å². The minimum Gasteiger partial charge on any atom is -0.305 e. The zero-order chi connectivity index (χ0) is 14.8. The first-order valence-electron chi connectivity index (χ1n) is 6.25. The number of amides is 1. The van der Waals surface area contributed by atoms with Gasteiger partial charge in [-0.05, 0) is 48.0 Å². The SMILES string of the molecule is O=C1NC(c2ccc(Cl)cc2)=N/C1=C/c1ccc(Br)cc1. The number of hydrogen-bond acceptors (Lipinski definition) is 2. The molecule has 0 aromatic heterocycles. The minimum absolute atomic E-state index is 0.206. The third kappa shape index (κ3) is 3.23. The first kappa shape index (κ1) is 14.0. The highest BCUT2D eigenvalue weighted by molar-refractivity contribution is 9.10. The number of halogens is 2. The molecule has 0 fully saturated rings. The molecule has 1 aliphatic heterocycles. The maximum atomic E-state index is 12.0. The van der Waals surface area contributed by atoms with E-state index in [9.17, 15) is 4.79 Å². The normalized spacial score (nSPS) is 16.0. The summed E-state index contributed by atoms with van der Waals surface area (Å²) in [7, 11) is 0. The zero-order valence-electron chi connectivity index (χ0n) is 10.8. The number of hydrogen-bond donors (Lipinski definition) is 1. The van der Waals surface area contributed by atoms with Gasteiger partial charge in [-0.15, -0.1) is 0 Å². The molecule has 0 radical (unpaired) electrons. The molecule has 2 aromatic carbocycles. The van der Waals surface area contributed by atoms with Crippen molar-refractivity contribution in [2.75, 3.05) is 0 Å². The third-order valence-corrected chi connectivity index (χ3v) is 3.77. The van der Waals surface area contributed by atoms with E-state index in [4.69, 9.17) is 11.6 Å². The van der Waals surface area contributed by atoms with Crippen LogP contribution in [0.4, 0.5) is 0 Å². The summed E-state index contributed by atoms with van der Waals surface area (Å²) in [4.78, 5) is 16.3. The second-order valence-electron chi connectivity index (χ2n) is 4.50. The van der Waals surface area contributed by atoms with Gasteiger partial charge in [-0.2, -0.15) is 0 Å². The first-order valence-corrected chi connectivity index (χ1v) is 7.42. The molecule has 1 amide bonds. The van der Waals surface area contributed by atoms with Gasteiger partial charge in [0.1, 0.15) is 11.5 Å². The van der Waals surface area contributed by atoms with Crippen LogP contribution in [0.15, 0.2) is 63.7 Å². The lowest BCUT2D eigenvalue weighted by molar-refractivity contribution is -0.115. The van der Waals surface area contributed by atoms with E-state index in [1.165, 1.54) is 0 Å². The van der Waals surface area contributed by atoms with Crippen LogP contribution in [-0.4, -0.2) is 11.7 Å². The predicted octanol–water partition coefficient (Wildman–Crippen LogP) is 4.02. The summed E-state index contributed by atoms with van der Waals surface area (Å²) in [5, 5.41) is 3.41. The highest BCUT2D eigenvalue weighted by atomic mass is 79.9. The van der Waals surface area contributed by atoms with Crippen LogP contribution in [0.3, 0.4) is 0 Å². The minimum atomic E-state index is -0.206. The van der Waals surface area contributed by atoms with Crippen LogP contribution < -0.4 is 5.32 Å². The van der Waals surface area contributed by atoms with Gasteiger partial charge in [-0.25, -0.2) is 4.99 Å². The van der Waals surface area contributed by atoms with Crippen molar-refractivity contribution in [2.45, 2.75) is 0 Å². The summed E-state index contributed by atoms with van der Waals surface area (Å²) >= 11 is 9.23. The molecule has 0 unspecified atom stereocenters. The summed E-state index contributed by atoms with van der Waals surface area (Å²) in [5.74, 6) is 0.336. The largest absolute Gasteiger partial charge is 0.305 e. The maximum absolute atomic E-state index is 12.0. The second-order valence-corrected chi connectivity index (χ2v) is 5.85. The van der Waals surface area contributed by atoms with Gasteiger partial charge in [0.25, 0.3) is 5.91 Å². The fourth-order valence-electron chi connectivity index (χ4n) is 1.93. The van der Waals surface area contributed by atoms with Crippen LogP contribution in [0, 0.1) is 0 Å². The van der Waals surface area contributed by atoms with Crippen molar-refractivity contribution in [3.8, 4) is 0 Å². The Morgan fingerprint density at radius 1 is 1.05 bits per heavy atom. The average Bonchev–Trinajstić information content (AvgIpc) is 2.83. The number of nitrogens with one attached hydrogen (secondary N) is 1. The van der Waals surface area contributed by atoms with Gasteiger partial charge in [0.2, 0.25) is 0 Å². The Morgan fingerprint density at radius 2 is 1.71 bits per heavy atom. The van der Waals surface area contributed by atoms with Crippen molar-refractivity contribution in [3.05, 3.63) is 74.9 Å². The number of amidine groups is 1. The van der Waals surface area contributed by atoms with Gasteiger partial charge >= 0.3 is 0 Å². The van der Waals surface area contributed by atoms with Crippen molar-refractivity contribution in [1.82, 2.24) is 5.32 Å². The molecule has 0 saturated heterocycles. The maximum Gasteiger partial charge on any atom is 0.275 e. The van der Waals surface area contributed by atoms with Gasteiger partial charge in [0.05, 0.1) is 0 Å². The van der Waals surface area contributed by atoms with Crippen molar-refractivity contribution >= 4 is 45.3 Å². The molecule has 0 spiro atoms. The second kappa shape index (κ2) is 5.84. The van der Waals surface area contributed by atoms with Crippen LogP contribution in [0.25, 0.3) is 6.08 Å². The molecule has 2 aromatic rings. The lowest BCUT2D eigenvalue weighted by Gasteiger charge is -1.99. The molecule has 1 N–H and O–H groups in total. The van der Waals surface area contributed by atoms with E-state index in [0.717, 1.165) is 15.6 Å². The summed E-state index contributed by atoms with van der Waals surface area (Å²) in [6, 6.07) is 14.9. The Hall–Kier alpha value is -1.91. The highest BCUT2D eigenvalue weighted by Crippen LogP contribution is 2.18. The monoisotopic (exact) mass is 360 g/mol. The van der Waals surface area contributed by atoms with E-state index in [2.05, 4.69) is 26.2 Å². The predicted molar refractivity (Wildman–Crippen MR) is 88.3 cm³/mol. The molecule has 0 atom stereocenters. The van der Waals surface area contributed by atoms with Crippen molar-refractivity contribution in [1.29, 1.82) is 0 Å². The molecule has 21 heavy (non-hydrogen) atoms. The van der Waals surface area contributed by atoms with Gasteiger partial charge < -0.3 is 5.32 Å². The highest BCUT2D eigenvalue weighted by Gasteiger charge is 2.20.